The monoisotopic (exact) mass is 351 g/mol. The number of halogens is 2. The van der Waals surface area contributed by atoms with Crippen LogP contribution in [0.3, 0.4) is 0 Å². The van der Waals surface area contributed by atoms with Crippen molar-refractivity contribution < 1.29 is 9.13 Å². The van der Waals surface area contributed by atoms with Crippen molar-refractivity contribution in [2.75, 3.05) is 13.7 Å². The maximum absolute atomic E-state index is 14.0. The van der Waals surface area contributed by atoms with Gasteiger partial charge in [0.15, 0.2) is 11.6 Å². The predicted octanol–water partition coefficient (Wildman–Crippen LogP) is 4.69. The Kier molecular flexibility index (Phi) is 5.76. The summed E-state index contributed by atoms with van der Waals surface area (Å²) in [5, 5.41) is 3.47. The van der Waals surface area contributed by atoms with Crippen LogP contribution in [-0.2, 0) is 0 Å². The second-order valence-corrected chi connectivity index (χ2v) is 5.75. The van der Waals surface area contributed by atoms with E-state index in [4.69, 9.17) is 4.74 Å². The molecule has 1 N–H and O–H groups in total. The van der Waals surface area contributed by atoms with Gasteiger partial charge in [-0.3, -0.25) is 0 Å². The van der Waals surface area contributed by atoms with Gasteiger partial charge in [0.25, 0.3) is 0 Å². The van der Waals surface area contributed by atoms with Crippen LogP contribution in [-0.4, -0.2) is 13.7 Å². The third kappa shape index (κ3) is 4.05. The molecule has 0 heterocycles. The van der Waals surface area contributed by atoms with Crippen LogP contribution in [0.4, 0.5) is 4.39 Å². The minimum Gasteiger partial charge on any atom is -0.494 e. The molecule has 4 heteroatoms. The summed E-state index contributed by atoms with van der Waals surface area (Å²) in [6.07, 6.45) is 1.02. The SMILES string of the molecule is CCCNC(c1cccc(Br)c1)c1ccc(OC)c(F)c1. The van der Waals surface area contributed by atoms with Crippen molar-refractivity contribution in [2.45, 2.75) is 19.4 Å². The van der Waals surface area contributed by atoms with Crippen molar-refractivity contribution in [2.24, 2.45) is 0 Å². The summed E-state index contributed by atoms with van der Waals surface area (Å²) in [6.45, 7) is 2.98. The molecule has 0 saturated carbocycles. The van der Waals surface area contributed by atoms with Gasteiger partial charge in [-0.1, -0.05) is 41.1 Å². The molecule has 0 fully saturated rings. The van der Waals surface area contributed by atoms with E-state index in [2.05, 4.69) is 34.2 Å². The first-order valence-electron chi connectivity index (χ1n) is 6.98. The van der Waals surface area contributed by atoms with Crippen LogP contribution >= 0.6 is 15.9 Å². The fourth-order valence-corrected chi connectivity index (χ4v) is 2.68. The number of nitrogens with one attached hydrogen (secondary N) is 1. The highest BCUT2D eigenvalue weighted by Gasteiger charge is 2.15. The Morgan fingerprint density at radius 2 is 1.95 bits per heavy atom. The van der Waals surface area contributed by atoms with Crippen LogP contribution in [0, 0.1) is 5.82 Å². The van der Waals surface area contributed by atoms with E-state index in [-0.39, 0.29) is 17.6 Å². The minimum atomic E-state index is -0.340. The summed E-state index contributed by atoms with van der Waals surface area (Å²) in [5.41, 5.74) is 1.99. The van der Waals surface area contributed by atoms with Gasteiger partial charge in [0.1, 0.15) is 0 Å². The second kappa shape index (κ2) is 7.57. The lowest BCUT2D eigenvalue weighted by molar-refractivity contribution is 0.385. The van der Waals surface area contributed by atoms with Crippen molar-refractivity contribution in [3.05, 3.63) is 63.9 Å². The Labute approximate surface area is 133 Å². The Hall–Kier alpha value is -1.39. The van der Waals surface area contributed by atoms with E-state index >= 15 is 0 Å². The van der Waals surface area contributed by atoms with Crippen LogP contribution in [0.2, 0.25) is 0 Å². The Morgan fingerprint density at radius 3 is 2.57 bits per heavy atom. The molecule has 0 aliphatic heterocycles. The highest BCUT2D eigenvalue weighted by molar-refractivity contribution is 9.10. The third-order valence-electron chi connectivity index (χ3n) is 3.29. The van der Waals surface area contributed by atoms with Gasteiger partial charge in [0.2, 0.25) is 0 Å². The molecule has 1 unspecified atom stereocenters. The zero-order valence-electron chi connectivity index (χ0n) is 12.2. The zero-order valence-corrected chi connectivity index (χ0v) is 13.8. The van der Waals surface area contributed by atoms with E-state index in [0.717, 1.165) is 28.6 Å². The molecule has 0 radical (unpaired) electrons. The topological polar surface area (TPSA) is 21.3 Å². The van der Waals surface area contributed by atoms with Crippen molar-refractivity contribution in [1.29, 1.82) is 0 Å². The van der Waals surface area contributed by atoms with Crippen LogP contribution in [0.5, 0.6) is 5.75 Å². The number of rotatable bonds is 6. The van der Waals surface area contributed by atoms with E-state index < -0.39 is 0 Å². The van der Waals surface area contributed by atoms with Gasteiger partial charge in [-0.2, -0.15) is 0 Å². The average molecular weight is 352 g/mol. The standard InChI is InChI=1S/C17H19BrFNO/c1-3-9-20-17(12-5-4-6-14(18)10-12)13-7-8-16(21-2)15(19)11-13/h4-8,10-11,17,20H,3,9H2,1-2H3. The molecule has 0 spiro atoms. The smallest absolute Gasteiger partial charge is 0.165 e. The van der Waals surface area contributed by atoms with E-state index in [9.17, 15) is 4.39 Å². The predicted molar refractivity (Wildman–Crippen MR) is 87.2 cm³/mol. The van der Waals surface area contributed by atoms with Crippen molar-refractivity contribution in [3.63, 3.8) is 0 Å². The number of benzene rings is 2. The molecule has 0 aliphatic carbocycles. The molecule has 0 bridgehead atoms. The Balaban J connectivity index is 2.37. The molecule has 0 saturated heterocycles. The fraction of sp³-hybridized carbons (Fsp3) is 0.294. The maximum atomic E-state index is 14.0. The van der Waals surface area contributed by atoms with E-state index in [1.54, 1.807) is 6.07 Å². The summed E-state index contributed by atoms with van der Waals surface area (Å²) < 4.78 is 20.0. The zero-order chi connectivity index (χ0) is 15.2. The molecule has 21 heavy (non-hydrogen) atoms. The molecular weight excluding hydrogens is 333 g/mol. The van der Waals surface area contributed by atoms with Gasteiger partial charge in [-0.25, -0.2) is 4.39 Å². The molecule has 2 rings (SSSR count). The fourth-order valence-electron chi connectivity index (χ4n) is 2.27. The molecule has 0 aliphatic rings. The summed E-state index contributed by atoms with van der Waals surface area (Å²) in [5.74, 6) is -0.0736. The molecule has 1 atom stereocenters. The highest BCUT2D eigenvalue weighted by Crippen LogP contribution is 2.28. The quantitative estimate of drug-likeness (QED) is 0.815. The lowest BCUT2D eigenvalue weighted by Crippen LogP contribution is -2.23. The molecule has 2 aromatic carbocycles. The van der Waals surface area contributed by atoms with E-state index in [0.29, 0.717) is 0 Å². The lowest BCUT2D eigenvalue weighted by Gasteiger charge is -2.20. The molecular formula is C17H19BrFNO. The number of ether oxygens (including phenoxy) is 1. The van der Waals surface area contributed by atoms with E-state index in [1.807, 2.05) is 24.3 Å². The van der Waals surface area contributed by atoms with Gasteiger partial charge >= 0.3 is 0 Å². The number of methoxy groups -OCH3 is 1. The lowest BCUT2D eigenvalue weighted by atomic mass is 9.98. The normalized spacial score (nSPS) is 12.2. The van der Waals surface area contributed by atoms with Crippen molar-refractivity contribution >= 4 is 15.9 Å². The third-order valence-corrected chi connectivity index (χ3v) is 3.78. The molecule has 112 valence electrons. The summed E-state index contributed by atoms with van der Waals surface area (Å²) in [6, 6.07) is 13.1. The summed E-state index contributed by atoms with van der Waals surface area (Å²) in [7, 11) is 1.47. The van der Waals surface area contributed by atoms with Crippen LogP contribution < -0.4 is 10.1 Å². The van der Waals surface area contributed by atoms with Gasteiger partial charge < -0.3 is 10.1 Å². The van der Waals surface area contributed by atoms with E-state index in [1.165, 1.54) is 13.2 Å². The maximum Gasteiger partial charge on any atom is 0.165 e. The van der Waals surface area contributed by atoms with Crippen LogP contribution in [0.25, 0.3) is 0 Å². The van der Waals surface area contributed by atoms with Crippen LogP contribution in [0.1, 0.15) is 30.5 Å². The molecule has 0 aromatic heterocycles. The molecule has 2 aromatic rings. The van der Waals surface area contributed by atoms with Crippen molar-refractivity contribution in [1.82, 2.24) is 5.32 Å². The summed E-state index contributed by atoms with van der Waals surface area (Å²) in [4.78, 5) is 0. The molecule has 2 nitrogen and oxygen atoms in total. The number of hydrogen-bond donors (Lipinski definition) is 1. The first kappa shape index (κ1) is 16.0. The first-order valence-corrected chi connectivity index (χ1v) is 7.77. The van der Waals surface area contributed by atoms with Gasteiger partial charge in [-0.05, 0) is 48.4 Å². The van der Waals surface area contributed by atoms with Gasteiger partial charge in [-0.15, -0.1) is 0 Å². The first-order chi connectivity index (χ1) is 10.2. The summed E-state index contributed by atoms with van der Waals surface area (Å²) >= 11 is 3.49. The van der Waals surface area contributed by atoms with Gasteiger partial charge in [0, 0.05) is 4.47 Å². The van der Waals surface area contributed by atoms with Crippen molar-refractivity contribution in [3.8, 4) is 5.75 Å². The Bertz CT molecular complexity index is 603. The largest absolute Gasteiger partial charge is 0.494 e. The molecule has 0 amide bonds. The Morgan fingerprint density at radius 1 is 1.19 bits per heavy atom. The second-order valence-electron chi connectivity index (χ2n) is 4.84. The van der Waals surface area contributed by atoms with Crippen LogP contribution in [0.15, 0.2) is 46.9 Å². The average Bonchev–Trinajstić information content (AvgIpc) is 2.48. The van der Waals surface area contributed by atoms with Gasteiger partial charge in [0.05, 0.1) is 13.2 Å². The minimum absolute atomic E-state index is 0.0390. The number of hydrogen-bond acceptors (Lipinski definition) is 2. The highest BCUT2D eigenvalue weighted by atomic mass is 79.9.